The van der Waals surface area contributed by atoms with Crippen LogP contribution in [0.25, 0.3) is 17.2 Å². The Bertz CT molecular complexity index is 1380. The lowest BCUT2D eigenvalue weighted by Crippen LogP contribution is -2.34. The number of aromatic nitrogens is 1. The minimum absolute atomic E-state index is 0.0560. The number of hydrogen-bond donors (Lipinski definition) is 2. The first kappa shape index (κ1) is 21.7. The number of nitrogens with one attached hydrogen (secondary N) is 2. The third kappa shape index (κ3) is 4.14. The lowest BCUT2D eigenvalue weighted by Gasteiger charge is -2.35. The van der Waals surface area contributed by atoms with Gasteiger partial charge in [-0.05, 0) is 73.4 Å². The number of para-hydroxylation sites is 1. The summed E-state index contributed by atoms with van der Waals surface area (Å²) < 4.78 is 1.68. The highest BCUT2D eigenvalue weighted by Crippen LogP contribution is 2.54. The van der Waals surface area contributed by atoms with E-state index >= 15 is 0 Å². The lowest BCUT2D eigenvalue weighted by molar-refractivity contribution is 0.262. The van der Waals surface area contributed by atoms with E-state index in [4.69, 9.17) is 0 Å². The number of nitrogens with zero attached hydrogens (tertiary/aromatic N) is 2. The van der Waals surface area contributed by atoms with Gasteiger partial charge in [0.25, 0.3) is 5.56 Å². The molecule has 0 atom stereocenters. The van der Waals surface area contributed by atoms with E-state index in [0.29, 0.717) is 11.8 Å². The molecule has 178 valence electrons. The molecule has 2 heterocycles. The Kier molecular flexibility index (Phi) is 5.24. The number of urea groups is 1. The van der Waals surface area contributed by atoms with Gasteiger partial charge in [0, 0.05) is 60.1 Å². The number of hydrogen-bond acceptors (Lipinski definition) is 3. The summed E-state index contributed by atoms with van der Waals surface area (Å²) in [5.74, 6) is 0. The van der Waals surface area contributed by atoms with E-state index in [1.807, 2.05) is 55.7 Å². The molecule has 0 radical (unpaired) electrons. The van der Waals surface area contributed by atoms with Crippen LogP contribution in [0.5, 0.6) is 0 Å². The molecule has 2 amide bonds. The fourth-order valence-electron chi connectivity index (χ4n) is 5.53. The molecular weight excluding hydrogens is 436 g/mol. The van der Waals surface area contributed by atoms with Gasteiger partial charge in [0.1, 0.15) is 0 Å². The van der Waals surface area contributed by atoms with Gasteiger partial charge in [-0.25, -0.2) is 4.79 Å². The quantitative estimate of drug-likeness (QED) is 0.522. The van der Waals surface area contributed by atoms with Crippen molar-refractivity contribution in [3.8, 4) is 11.1 Å². The van der Waals surface area contributed by atoms with Crippen LogP contribution in [-0.2, 0) is 13.5 Å². The van der Waals surface area contributed by atoms with Gasteiger partial charge in [0.15, 0.2) is 0 Å². The molecule has 6 heteroatoms. The summed E-state index contributed by atoms with van der Waals surface area (Å²) in [6.45, 7) is 2.08. The molecule has 1 aromatic heterocycles. The van der Waals surface area contributed by atoms with Crippen LogP contribution in [0.3, 0.4) is 0 Å². The zero-order valence-corrected chi connectivity index (χ0v) is 20.0. The number of aryl methyl sites for hydroxylation is 1. The average Bonchev–Trinajstić information content (AvgIpc) is 3.43. The van der Waals surface area contributed by atoms with Crippen molar-refractivity contribution < 1.29 is 4.79 Å². The zero-order chi connectivity index (χ0) is 24.0. The Labute approximate surface area is 205 Å². The number of rotatable bonds is 4. The largest absolute Gasteiger partial charge is 0.371 e. The highest BCUT2D eigenvalue weighted by atomic mass is 16.2. The second-order valence-corrected chi connectivity index (χ2v) is 10.1. The molecule has 2 aromatic carbocycles. The van der Waals surface area contributed by atoms with Gasteiger partial charge in [-0.15, -0.1) is 0 Å². The number of benzene rings is 2. The monoisotopic (exact) mass is 466 g/mol. The molecule has 2 N–H and O–H groups in total. The van der Waals surface area contributed by atoms with Gasteiger partial charge >= 0.3 is 6.03 Å². The first-order valence-corrected chi connectivity index (χ1v) is 12.4. The van der Waals surface area contributed by atoms with Crippen LogP contribution in [-0.4, -0.2) is 23.7 Å². The lowest BCUT2D eigenvalue weighted by atomic mass is 9.91. The Morgan fingerprint density at radius 3 is 2.40 bits per heavy atom. The SMILES string of the molecule is Cn1cc(-c2cc(NC(=O)Nc3ccccc3)ccc2N2CCC3(CC2)CC3)c2c(c1=O)CC=C2. The minimum atomic E-state index is -0.283. The number of piperidine rings is 1. The maximum absolute atomic E-state index is 12.7. The molecule has 1 spiro atoms. The van der Waals surface area contributed by atoms with Crippen molar-refractivity contribution >= 4 is 29.2 Å². The van der Waals surface area contributed by atoms with Crippen LogP contribution >= 0.6 is 0 Å². The first-order chi connectivity index (χ1) is 17.0. The molecule has 35 heavy (non-hydrogen) atoms. The van der Waals surface area contributed by atoms with Crippen LogP contribution in [0.1, 0.15) is 36.8 Å². The first-order valence-electron chi connectivity index (χ1n) is 12.4. The summed E-state index contributed by atoms with van der Waals surface area (Å²) in [6.07, 6.45) is 11.9. The molecule has 0 bridgehead atoms. The van der Waals surface area contributed by atoms with Crippen LogP contribution < -0.4 is 21.1 Å². The van der Waals surface area contributed by atoms with E-state index in [0.717, 1.165) is 52.4 Å². The summed E-state index contributed by atoms with van der Waals surface area (Å²) in [6, 6.07) is 15.3. The van der Waals surface area contributed by atoms with Crippen molar-refractivity contribution in [2.24, 2.45) is 12.5 Å². The number of anilines is 3. The molecule has 1 saturated carbocycles. The Hall–Kier alpha value is -3.80. The molecule has 0 unspecified atom stereocenters. The number of carbonyl (C=O) groups excluding carboxylic acids is 1. The van der Waals surface area contributed by atoms with Crippen LogP contribution in [0.4, 0.5) is 21.9 Å². The maximum atomic E-state index is 12.7. The predicted octanol–water partition coefficient (Wildman–Crippen LogP) is 5.65. The van der Waals surface area contributed by atoms with Crippen molar-refractivity contribution in [1.29, 1.82) is 0 Å². The molecule has 6 rings (SSSR count). The smallest absolute Gasteiger partial charge is 0.323 e. The van der Waals surface area contributed by atoms with Gasteiger partial charge < -0.3 is 20.1 Å². The number of pyridine rings is 1. The summed E-state index contributed by atoms with van der Waals surface area (Å²) in [5, 5.41) is 5.88. The van der Waals surface area contributed by atoms with E-state index in [2.05, 4.69) is 33.8 Å². The molecular formula is C29H30N4O2. The standard InChI is InChI=1S/C29H30N4O2/c1-32-19-25(22-8-5-9-23(22)27(32)34)24-18-21(31-28(35)30-20-6-3-2-4-7-20)10-11-26(24)33-16-14-29(12-13-29)15-17-33/h2-8,10-11,18-19H,9,12-17H2,1H3,(H2,30,31,35). The van der Waals surface area contributed by atoms with Crippen LogP contribution in [0.2, 0.25) is 0 Å². The molecule has 3 aromatic rings. The molecule has 2 aliphatic carbocycles. The number of fused-ring (bicyclic) bond motifs is 1. The number of allylic oxidation sites excluding steroid dienone is 1. The highest BCUT2D eigenvalue weighted by molar-refractivity contribution is 6.01. The van der Waals surface area contributed by atoms with E-state index < -0.39 is 0 Å². The van der Waals surface area contributed by atoms with Crippen molar-refractivity contribution in [3.05, 3.63) is 82.3 Å². The normalized spacial score (nSPS) is 17.3. The minimum Gasteiger partial charge on any atom is -0.371 e. The molecule has 2 fully saturated rings. The van der Waals surface area contributed by atoms with Gasteiger partial charge in [-0.3, -0.25) is 4.79 Å². The molecule has 3 aliphatic rings. The van der Waals surface area contributed by atoms with Crippen molar-refractivity contribution in [1.82, 2.24) is 4.57 Å². The summed E-state index contributed by atoms with van der Waals surface area (Å²) in [5.41, 5.74) is 7.19. The topological polar surface area (TPSA) is 66.4 Å². The van der Waals surface area contributed by atoms with E-state index in [9.17, 15) is 9.59 Å². The third-order valence-electron chi connectivity index (χ3n) is 7.82. The average molecular weight is 467 g/mol. The van der Waals surface area contributed by atoms with Crippen LogP contribution in [0.15, 0.2) is 65.6 Å². The third-order valence-corrected chi connectivity index (χ3v) is 7.82. The number of amides is 2. The van der Waals surface area contributed by atoms with Crippen molar-refractivity contribution in [2.45, 2.75) is 32.1 Å². The Morgan fingerprint density at radius 2 is 1.66 bits per heavy atom. The van der Waals surface area contributed by atoms with Crippen molar-refractivity contribution in [2.75, 3.05) is 28.6 Å². The van der Waals surface area contributed by atoms with E-state index in [1.54, 1.807) is 4.57 Å². The van der Waals surface area contributed by atoms with Gasteiger partial charge in [-0.2, -0.15) is 0 Å². The number of carbonyl (C=O) groups is 1. The summed E-state index contributed by atoms with van der Waals surface area (Å²) in [7, 11) is 1.82. The van der Waals surface area contributed by atoms with Gasteiger partial charge in [0.05, 0.1) is 0 Å². The molecule has 6 nitrogen and oxygen atoms in total. The Morgan fingerprint density at radius 1 is 0.914 bits per heavy atom. The second-order valence-electron chi connectivity index (χ2n) is 10.1. The zero-order valence-electron chi connectivity index (χ0n) is 20.0. The fraction of sp³-hybridized carbons (Fsp3) is 0.310. The van der Waals surface area contributed by atoms with E-state index in [1.165, 1.54) is 25.7 Å². The summed E-state index contributed by atoms with van der Waals surface area (Å²) in [4.78, 5) is 27.9. The summed E-state index contributed by atoms with van der Waals surface area (Å²) >= 11 is 0. The van der Waals surface area contributed by atoms with Gasteiger partial charge in [-0.1, -0.05) is 30.4 Å². The maximum Gasteiger partial charge on any atom is 0.323 e. The van der Waals surface area contributed by atoms with Crippen LogP contribution in [0, 0.1) is 5.41 Å². The second kappa shape index (κ2) is 8.45. The predicted molar refractivity (Wildman–Crippen MR) is 142 cm³/mol. The fourth-order valence-corrected chi connectivity index (χ4v) is 5.53. The van der Waals surface area contributed by atoms with Gasteiger partial charge in [0.2, 0.25) is 0 Å². The molecule has 1 saturated heterocycles. The molecule has 1 aliphatic heterocycles. The van der Waals surface area contributed by atoms with Crippen molar-refractivity contribution in [3.63, 3.8) is 0 Å². The van der Waals surface area contributed by atoms with E-state index in [-0.39, 0.29) is 11.6 Å². The Balaban J connectivity index is 1.37. The highest BCUT2D eigenvalue weighted by Gasteiger charge is 2.44.